The normalized spacial score (nSPS) is 11.7. The number of para-hydroxylation sites is 1. The number of nitrogens with one attached hydrogen (secondary N) is 1. The minimum atomic E-state index is -4.72. The number of hydrogen-bond acceptors (Lipinski definition) is 3. The van der Waals surface area contributed by atoms with Crippen LogP contribution < -0.4 is 10.2 Å². The van der Waals surface area contributed by atoms with Gasteiger partial charge in [0.15, 0.2) is 5.43 Å². The molecule has 2 heterocycles. The van der Waals surface area contributed by atoms with Crippen LogP contribution in [0.15, 0.2) is 65.6 Å². The summed E-state index contributed by atoms with van der Waals surface area (Å²) >= 11 is 0. The first-order valence-electron chi connectivity index (χ1n) is 8.80. The zero-order chi connectivity index (χ0) is 20.6. The Bertz CT molecular complexity index is 1220. The van der Waals surface area contributed by atoms with Gasteiger partial charge in [-0.25, -0.2) is 0 Å². The van der Waals surface area contributed by atoms with E-state index < -0.39 is 6.36 Å². The summed E-state index contributed by atoms with van der Waals surface area (Å²) in [4.78, 5) is 15.9. The molecule has 0 aliphatic heterocycles. The second kappa shape index (κ2) is 7.12. The summed E-state index contributed by atoms with van der Waals surface area (Å²) in [5.41, 5.74) is 3.27. The number of rotatable bonds is 4. The van der Waals surface area contributed by atoms with Crippen LogP contribution in [0.3, 0.4) is 0 Å². The van der Waals surface area contributed by atoms with Crippen LogP contribution in [0.5, 0.6) is 5.75 Å². The number of benzene rings is 2. The quantitative estimate of drug-likeness (QED) is 0.544. The highest BCUT2D eigenvalue weighted by Crippen LogP contribution is 2.24. The Morgan fingerprint density at radius 2 is 1.79 bits per heavy atom. The molecule has 4 aromatic rings. The van der Waals surface area contributed by atoms with E-state index in [1.807, 2.05) is 18.2 Å². The average molecular weight is 399 g/mol. The fourth-order valence-corrected chi connectivity index (χ4v) is 3.16. The van der Waals surface area contributed by atoms with Gasteiger partial charge in [0.1, 0.15) is 11.4 Å². The number of ether oxygens (including phenoxy) is 1. The lowest BCUT2D eigenvalue weighted by Crippen LogP contribution is -2.17. The van der Waals surface area contributed by atoms with Gasteiger partial charge in [-0.3, -0.25) is 9.48 Å². The predicted molar refractivity (Wildman–Crippen MR) is 103 cm³/mol. The molecule has 0 bridgehead atoms. The highest BCUT2D eigenvalue weighted by Gasteiger charge is 2.30. The molecule has 0 atom stereocenters. The van der Waals surface area contributed by atoms with E-state index in [2.05, 4.69) is 14.8 Å². The number of hydrogen-bond donors (Lipinski definition) is 1. The molecule has 0 saturated heterocycles. The molecular weight excluding hydrogens is 383 g/mol. The number of halogens is 3. The molecule has 0 saturated carbocycles. The Labute approximate surface area is 163 Å². The summed E-state index contributed by atoms with van der Waals surface area (Å²) in [5.74, 6) is -0.272. The molecule has 0 unspecified atom stereocenters. The highest BCUT2D eigenvalue weighted by molar-refractivity contribution is 5.82. The second-order valence-electron chi connectivity index (χ2n) is 6.59. The van der Waals surface area contributed by atoms with Crippen molar-refractivity contribution in [3.8, 4) is 17.1 Å². The number of aromatic amines is 1. The Hall–Kier alpha value is -3.55. The highest BCUT2D eigenvalue weighted by atomic mass is 19.4. The average Bonchev–Trinajstić information content (AvgIpc) is 3.13. The van der Waals surface area contributed by atoms with Crippen molar-refractivity contribution in [1.82, 2.24) is 14.8 Å². The standard InChI is InChI=1S/C21H16F3N3O2/c1-13-19(25-17-5-3-2-4-16(17)20(13)28)18-10-11-27(26-18)12-14-6-8-15(9-7-14)29-21(22,23)24/h2-11H,12H2,1H3,(H,25,28). The Kier molecular flexibility index (Phi) is 4.62. The molecule has 0 amide bonds. The Morgan fingerprint density at radius 3 is 2.52 bits per heavy atom. The zero-order valence-electron chi connectivity index (χ0n) is 15.3. The first-order chi connectivity index (χ1) is 13.8. The van der Waals surface area contributed by atoms with Gasteiger partial charge in [-0.15, -0.1) is 13.2 Å². The molecule has 8 heteroatoms. The number of pyridine rings is 1. The third-order valence-electron chi connectivity index (χ3n) is 4.55. The van der Waals surface area contributed by atoms with Crippen molar-refractivity contribution < 1.29 is 17.9 Å². The van der Waals surface area contributed by atoms with Crippen molar-refractivity contribution in [3.63, 3.8) is 0 Å². The Balaban J connectivity index is 1.59. The summed E-state index contributed by atoms with van der Waals surface area (Å²) in [7, 11) is 0. The third kappa shape index (κ3) is 4.01. The zero-order valence-corrected chi connectivity index (χ0v) is 15.3. The summed E-state index contributed by atoms with van der Waals surface area (Å²) in [5, 5.41) is 5.12. The summed E-state index contributed by atoms with van der Waals surface area (Å²) in [6, 6.07) is 14.7. The van der Waals surface area contributed by atoms with E-state index in [1.54, 1.807) is 42.1 Å². The number of nitrogens with zero attached hydrogens (tertiary/aromatic N) is 2. The maximum atomic E-state index is 12.6. The molecule has 0 aliphatic rings. The molecule has 148 valence electrons. The van der Waals surface area contributed by atoms with Gasteiger partial charge in [0.2, 0.25) is 0 Å². The van der Waals surface area contributed by atoms with Crippen LogP contribution in [0.2, 0.25) is 0 Å². The van der Waals surface area contributed by atoms with Gasteiger partial charge in [0, 0.05) is 22.7 Å². The molecular formula is C21H16F3N3O2. The van der Waals surface area contributed by atoms with Crippen LogP contribution >= 0.6 is 0 Å². The van der Waals surface area contributed by atoms with E-state index in [-0.39, 0.29) is 11.2 Å². The van der Waals surface area contributed by atoms with E-state index >= 15 is 0 Å². The van der Waals surface area contributed by atoms with Crippen LogP contribution in [-0.2, 0) is 6.54 Å². The van der Waals surface area contributed by atoms with E-state index in [9.17, 15) is 18.0 Å². The van der Waals surface area contributed by atoms with Crippen molar-refractivity contribution in [2.24, 2.45) is 0 Å². The van der Waals surface area contributed by atoms with Crippen LogP contribution in [0.1, 0.15) is 11.1 Å². The van der Waals surface area contributed by atoms with Gasteiger partial charge in [-0.2, -0.15) is 5.10 Å². The van der Waals surface area contributed by atoms with Gasteiger partial charge in [0.25, 0.3) is 0 Å². The monoisotopic (exact) mass is 399 g/mol. The van der Waals surface area contributed by atoms with E-state index in [0.29, 0.717) is 28.9 Å². The summed E-state index contributed by atoms with van der Waals surface area (Å²) in [6.45, 7) is 2.11. The number of fused-ring (bicyclic) bond motifs is 1. The molecule has 2 aromatic heterocycles. The lowest BCUT2D eigenvalue weighted by molar-refractivity contribution is -0.274. The minimum Gasteiger partial charge on any atom is -0.406 e. The van der Waals surface area contributed by atoms with Crippen molar-refractivity contribution in [3.05, 3.63) is 82.1 Å². The van der Waals surface area contributed by atoms with Gasteiger partial charge < -0.3 is 9.72 Å². The molecule has 2 aromatic carbocycles. The maximum absolute atomic E-state index is 12.6. The summed E-state index contributed by atoms with van der Waals surface area (Å²) in [6.07, 6.45) is -2.96. The molecule has 0 fully saturated rings. The van der Waals surface area contributed by atoms with Crippen molar-refractivity contribution in [1.29, 1.82) is 0 Å². The molecule has 0 spiro atoms. The minimum absolute atomic E-state index is 0.0517. The fraction of sp³-hybridized carbons (Fsp3) is 0.143. The molecule has 0 aliphatic carbocycles. The van der Waals surface area contributed by atoms with Crippen molar-refractivity contribution in [2.75, 3.05) is 0 Å². The number of H-pyrrole nitrogens is 1. The van der Waals surface area contributed by atoms with E-state index in [0.717, 1.165) is 11.1 Å². The SMILES string of the molecule is Cc1c(-c2ccn(Cc3ccc(OC(F)(F)F)cc3)n2)[nH]c2ccccc2c1=O. The van der Waals surface area contributed by atoms with E-state index in [4.69, 9.17) is 0 Å². The smallest absolute Gasteiger partial charge is 0.406 e. The van der Waals surface area contributed by atoms with Gasteiger partial charge in [0.05, 0.1) is 12.2 Å². The molecule has 29 heavy (non-hydrogen) atoms. The third-order valence-corrected chi connectivity index (χ3v) is 4.55. The number of aromatic nitrogens is 3. The van der Waals surface area contributed by atoms with Crippen molar-refractivity contribution >= 4 is 10.9 Å². The van der Waals surface area contributed by atoms with Crippen LogP contribution in [0, 0.1) is 6.92 Å². The van der Waals surface area contributed by atoms with Crippen LogP contribution in [-0.4, -0.2) is 21.1 Å². The lowest BCUT2D eigenvalue weighted by Gasteiger charge is -2.09. The van der Waals surface area contributed by atoms with Crippen LogP contribution in [0.4, 0.5) is 13.2 Å². The second-order valence-corrected chi connectivity index (χ2v) is 6.59. The van der Waals surface area contributed by atoms with Gasteiger partial charge >= 0.3 is 6.36 Å². The predicted octanol–water partition coefficient (Wildman–Crippen LogP) is 4.65. The molecule has 5 nitrogen and oxygen atoms in total. The van der Waals surface area contributed by atoms with Gasteiger partial charge in [-0.1, -0.05) is 24.3 Å². The Morgan fingerprint density at radius 1 is 1.07 bits per heavy atom. The van der Waals surface area contributed by atoms with E-state index in [1.165, 1.54) is 12.1 Å². The molecule has 1 N–H and O–H groups in total. The topological polar surface area (TPSA) is 59.9 Å². The first kappa shape index (κ1) is 18.8. The molecule has 0 radical (unpaired) electrons. The fourth-order valence-electron chi connectivity index (χ4n) is 3.16. The van der Waals surface area contributed by atoms with Crippen LogP contribution in [0.25, 0.3) is 22.3 Å². The van der Waals surface area contributed by atoms with Crippen molar-refractivity contribution in [2.45, 2.75) is 19.8 Å². The lowest BCUT2D eigenvalue weighted by atomic mass is 10.1. The summed E-state index contributed by atoms with van der Waals surface area (Å²) < 4.78 is 42.3. The number of alkyl halides is 3. The maximum Gasteiger partial charge on any atom is 0.573 e. The molecule has 4 rings (SSSR count). The van der Waals surface area contributed by atoms with Gasteiger partial charge in [-0.05, 0) is 42.8 Å². The largest absolute Gasteiger partial charge is 0.573 e. The first-order valence-corrected chi connectivity index (χ1v) is 8.80.